The SMILES string of the molecule is CC(N)c1cc2c(cc1Cl)OCCO2. The smallest absolute Gasteiger partial charge is 0.162 e. The molecule has 0 spiro atoms. The molecule has 0 saturated heterocycles. The molecule has 0 aromatic heterocycles. The zero-order valence-corrected chi connectivity index (χ0v) is 8.67. The van der Waals surface area contributed by atoms with Gasteiger partial charge in [-0.05, 0) is 18.6 Å². The van der Waals surface area contributed by atoms with E-state index in [2.05, 4.69) is 0 Å². The van der Waals surface area contributed by atoms with Crippen molar-refractivity contribution in [1.29, 1.82) is 0 Å². The third-order valence-electron chi connectivity index (χ3n) is 2.15. The molecule has 1 atom stereocenters. The molecule has 0 fully saturated rings. The lowest BCUT2D eigenvalue weighted by Crippen LogP contribution is -2.16. The molecule has 2 rings (SSSR count). The lowest BCUT2D eigenvalue weighted by Gasteiger charge is -2.20. The Morgan fingerprint density at radius 3 is 2.43 bits per heavy atom. The van der Waals surface area contributed by atoms with E-state index in [-0.39, 0.29) is 6.04 Å². The highest BCUT2D eigenvalue weighted by Crippen LogP contribution is 2.36. The Bertz CT molecular complexity index is 352. The van der Waals surface area contributed by atoms with Crippen molar-refractivity contribution in [2.45, 2.75) is 13.0 Å². The van der Waals surface area contributed by atoms with E-state index in [4.69, 9.17) is 26.8 Å². The van der Waals surface area contributed by atoms with E-state index in [1.807, 2.05) is 13.0 Å². The molecule has 1 aromatic rings. The Morgan fingerprint density at radius 2 is 1.86 bits per heavy atom. The highest BCUT2D eigenvalue weighted by molar-refractivity contribution is 6.31. The van der Waals surface area contributed by atoms with E-state index < -0.39 is 0 Å². The van der Waals surface area contributed by atoms with Crippen LogP contribution in [0.5, 0.6) is 11.5 Å². The highest BCUT2D eigenvalue weighted by atomic mass is 35.5. The summed E-state index contributed by atoms with van der Waals surface area (Å²) in [5, 5.41) is 0.629. The fourth-order valence-electron chi connectivity index (χ4n) is 1.43. The maximum absolute atomic E-state index is 6.04. The molecule has 0 bridgehead atoms. The average molecular weight is 214 g/mol. The second kappa shape index (κ2) is 3.67. The maximum Gasteiger partial charge on any atom is 0.162 e. The predicted octanol–water partition coefficient (Wildman–Crippen LogP) is 2.13. The first kappa shape index (κ1) is 9.62. The zero-order valence-electron chi connectivity index (χ0n) is 7.92. The standard InChI is InChI=1S/C10H12ClNO2/c1-6(12)7-4-9-10(5-8(7)11)14-3-2-13-9/h4-6H,2-3,12H2,1H3. The molecular formula is C10H12ClNO2. The van der Waals surface area contributed by atoms with Crippen LogP contribution in [0.1, 0.15) is 18.5 Å². The Kier molecular flexibility index (Phi) is 2.52. The summed E-state index contributed by atoms with van der Waals surface area (Å²) in [6, 6.07) is 3.51. The molecule has 1 unspecified atom stereocenters. The predicted molar refractivity (Wildman–Crippen MR) is 55.0 cm³/mol. The third-order valence-corrected chi connectivity index (χ3v) is 2.48. The second-order valence-electron chi connectivity index (χ2n) is 3.31. The second-order valence-corrected chi connectivity index (χ2v) is 3.71. The van der Waals surface area contributed by atoms with E-state index in [0.29, 0.717) is 24.0 Å². The fraction of sp³-hybridized carbons (Fsp3) is 0.400. The fourth-order valence-corrected chi connectivity index (χ4v) is 1.75. The molecule has 1 heterocycles. The van der Waals surface area contributed by atoms with Crippen molar-refractivity contribution in [2.24, 2.45) is 5.73 Å². The molecule has 0 amide bonds. The number of benzene rings is 1. The Balaban J connectivity index is 2.45. The number of hydrogen-bond donors (Lipinski definition) is 1. The molecule has 4 heteroatoms. The van der Waals surface area contributed by atoms with Gasteiger partial charge in [0.05, 0.1) is 0 Å². The molecule has 3 nitrogen and oxygen atoms in total. The molecule has 1 aliphatic heterocycles. The van der Waals surface area contributed by atoms with Gasteiger partial charge >= 0.3 is 0 Å². The summed E-state index contributed by atoms with van der Waals surface area (Å²) in [6.07, 6.45) is 0. The van der Waals surface area contributed by atoms with Gasteiger partial charge in [-0.25, -0.2) is 0 Å². The molecule has 0 aliphatic carbocycles. The van der Waals surface area contributed by atoms with Gasteiger partial charge in [0.15, 0.2) is 11.5 Å². The summed E-state index contributed by atoms with van der Waals surface area (Å²) < 4.78 is 10.8. The zero-order chi connectivity index (χ0) is 10.1. The van der Waals surface area contributed by atoms with Crippen LogP contribution in [0.3, 0.4) is 0 Å². The van der Waals surface area contributed by atoms with Crippen molar-refractivity contribution in [3.05, 3.63) is 22.7 Å². The first-order chi connectivity index (χ1) is 6.68. The van der Waals surface area contributed by atoms with Crippen molar-refractivity contribution in [3.63, 3.8) is 0 Å². The molecule has 76 valence electrons. The van der Waals surface area contributed by atoms with E-state index in [9.17, 15) is 0 Å². The van der Waals surface area contributed by atoms with E-state index >= 15 is 0 Å². The topological polar surface area (TPSA) is 44.5 Å². The van der Waals surface area contributed by atoms with Gasteiger partial charge in [0, 0.05) is 17.1 Å². The van der Waals surface area contributed by atoms with Crippen LogP contribution < -0.4 is 15.2 Å². The number of nitrogens with two attached hydrogens (primary N) is 1. The summed E-state index contributed by atoms with van der Waals surface area (Å²) >= 11 is 6.04. The van der Waals surface area contributed by atoms with E-state index in [1.54, 1.807) is 6.07 Å². The van der Waals surface area contributed by atoms with Gasteiger partial charge < -0.3 is 15.2 Å². The first-order valence-corrected chi connectivity index (χ1v) is 4.91. The molecular weight excluding hydrogens is 202 g/mol. The van der Waals surface area contributed by atoms with Crippen molar-refractivity contribution in [2.75, 3.05) is 13.2 Å². The summed E-state index contributed by atoms with van der Waals surface area (Å²) in [6.45, 7) is 3.03. The summed E-state index contributed by atoms with van der Waals surface area (Å²) in [7, 11) is 0. The van der Waals surface area contributed by atoms with E-state index in [0.717, 1.165) is 11.3 Å². The number of hydrogen-bond acceptors (Lipinski definition) is 3. The van der Waals surface area contributed by atoms with Crippen molar-refractivity contribution in [1.82, 2.24) is 0 Å². The summed E-state index contributed by atoms with van der Waals surface area (Å²) in [5.74, 6) is 1.43. The largest absolute Gasteiger partial charge is 0.486 e. The Hall–Kier alpha value is -0.930. The van der Waals surface area contributed by atoms with Gasteiger partial charge in [0.2, 0.25) is 0 Å². The Morgan fingerprint density at radius 1 is 1.29 bits per heavy atom. The van der Waals surface area contributed by atoms with Gasteiger partial charge in [-0.1, -0.05) is 11.6 Å². The van der Waals surface area contributed by atoms with Crippen LogP contribution in [0.2, 0.25) is 5.02 Å². The number of halogens is 1. The van der Waals surface area contributed by atoms with Crippen LogP contribution in [0, 0.1) is 0 Å². The number of rotatable bonds is 1. The minimum Gasteiger partial charge on any atom is -0.486 e. The molecule has 2 N–H and O–H groups in total. The molecule has 14 heavy (non-hydrogen) atoms. The van der Waals surface area contributed by atoms with Crippen LogP contribution in [0.15, 0.2) is 12.1 Å². The van der Waals surface area contributed by atoms with Crippen LogP contribution >= 0.6 is 11.6 Å². The quantitative estimate of drug-likeness (QED) is 0.777. The summed E-state index contributed by atoms with van der Waals surface area (Å²) in [5.41, 5.74) is 6.65. The number of fused-ring (bicyclic) bond motifs is 1. The van der Waals surface area contributed by atoms with Gasteiger partial charge in [0.1, 0.15) is 13.2 Å². The molecule has 1 aliphatic rings. The van der Waals surface area contributed by atoms with Crippen LogP contribution in [-0.2, 0) is 0 Å². The Labute approximate surface area is 87.8 Å². The lowest BCUT2D eigenvalue weighted by molar-refractivity contribution is 0.171. The third kappa shape index (κ3) is 1.65. The summed E-state index contributed by atoms with van der Waals surface area (Å²) in [4.78, 5) is 0. The van der Waals surface area contributed by atoms with Crippen molar-refractivity contribution in [3.8, 4) is 11.5 Å². The minimum atomic E-state index is -0.0988. The number of ether oxygens (including phenoxy) is 2. The van der Waals surface area contributed by atoms with Gasteiger partial charge in [-0.3, -0.25) is 0 Å². The lowest BCUT2D eigenvalue weighted by atomic mass is 10.1. The minimum absolute atomic E-state index is 0.0988. The van der Waals surface area contributed by atoms with Crippen LogP contribution in [0.4, 0.5) is 0 Å². The van der Waals surface area contributed by atoms with Crippen molar-refractivity contribution >= 4 is 11.6 Å². The average Bonchev–Trinajstić information content (AvgIpc) is 2.16. The van der Waals surface area contributed by atoms with Gasteiger partial charge in [0.25, 0.3) is 0 Å². The maximum atomic E-state index is 6.04. The van der Waals surface area contributed by atoms with Crippen LogP contribution in [-0.4, -0.2) is 13.2 Å². The highest BCUT2D eigenvalue weighted by Gasteiger charge is 2.16. The molecule has 0 radical (unpaired) electrons. The first-order valence-electron chi connectivity index (χ1n) is 4.53. The van der Waals surface area contributed by atoms with Crippen LogP contribution in [0.25, 0.3) is 0 Å². The van der Waals surface area contributed by atoms with Gasteiger partial charge in [-0.15, -0.1) is 0 Å². The monoisotopic (exact) mass is 213 g/mol. The van der Waals surface area contributed by atoms with E-state index in [1.165, 1.54) is 0 Å². The van der Waals surface area contributed by atoms with Gasteiger partial charge in [-0.2, -0.15) is 0 Å². The molecule has 0 saturated carbocycles. The molecule has 1 aromatic carbocycles. The van der Waals surface area contributed by atoms with Crippen molar-refractivity contribution < 1.29 is 9.47 Å². The normalized spacial score (nSPS) is 16.5.